The van der Waals surface area contributed by atoms with Gasteiger partial charge in [0, 0.05) is 6.07 Å². The molecule has 2 aromatic heterocycles. The molecule has 0 aliphatic rings. The van der Waals surface area contributed by atoms with Gasteiger partial charge in [0.2, 0.25) is 0 Å². The highest BCUT2D eigenvalue weighted by molar-refractivity contribution is 6.20. The molecule has 1 unspecified atom stereocenters. The van der Waals surface area contributed by atoms with E-state index in [9.17, 15) is 4.39 Å². The van der Waals surface area contributed by atoms with E-state index in [-0.39, 0.29) is 23.2 Å². The van der Waals surface area contributed by atoms with E-state index >= 15 is 0 Å². The highest BCUT2D eigenvalue weighted by Gasteiger charge is 2.12. The van der Waals surface area contributed by atoms with Crippen LogP contribution in [0.2, 0.25) is 0 Å². The maximum atomic E-state index is 13.2. The third kappa shape index (κ3) is 2.61. The van der Waals surface area contributed by atoms with Gasteiger partial charge in [-0.3, -0.25) is 5.32 Å². The van der Waals surface area contributed by atoms with Crippen LogP contribution >= 0.6 is 11.6 Å². The Morgan fingerprint density at radius 3 is 2.26 bits per heavy atom. The molecule has 0 amide bonds. The van der Waals surface area contributed by atoms with E-state index in [0.29, 0.717) is 22.2 Å². The Morgan fingerprint density at radius 1 is 1.00 bits per heavy atom. The Hall–Kier alpha value is -2.60. The zero-order valence-corrected chi connectivity index (χ0v) is 12.8. The number of nitrogens with zero attached hydrogens (tertiary/aromatic N) is 2. The van der Waals surface area contributed by atoms with Gasteiger partial charge in [0.15, 0.2) is 11.2 Å². The minimum Gasteiger partial charge on any atom is -0.423 e. The van der Waals surface area contributed by atoms with Crippen LogP contribution in [0, 0.1) is 5.82 Å². The summed E-state index contributed by atoms with van der Waals surface area (Å²) >= 11 is 6.07. The third-order valence-corrected chi connectivity index (χ3v) is 3.69. The topological polar surface area (TPSA) is 64.1 Å². The quantitative estimate of drug-likeness (QED) is 0.526. The van der Waals surface area contributed by atoms with E-state index in [2.05, 4.69) is 15.3 Å². The van der Waals surface area contributed by atoms with Gasteiger partial charge < -0.3 is 8.83 Å². The molecule has 0 bridgehead atoms. The summed E-state index contributed by atoms with van der Waals surface area (Å²) in [6.07, 6.45) is 0. The van der Waals surface area contributed by atoms with Crippen molar-refractivity contribution in [3.63, 3.8) is 0 Å². The monoisotopic (exact) mass is 331 g/mol. The van der Waals surface area contributed by atoms with Gasteiger partial charge in [0.25, 0.3) is 0 Å². The van der Waals surface area contributed by atoms with Crippen LogP contribution in [0.15, 0.2) is 45.2 Å². The van der Waals surface area contributed by atoms with Crippen LogP contribution in [-0.4, -0.2) is 9.97 Å². The minimum atomic E-state index is -0.373. The number of benzene rings is 2. The van der Waals surface area contributed by atoms with Gasteiger partial charge in [-0.1, -0.05) is 6.07 Å². The minimum absolute atomic E-state index is 0.112. The molecule has 2 aromatic carbocycles. The Labute approximate surface area is 135 Å². The smallest absolute Gasteiger partial charge is 0.303 e. The SMILES string of the molecule is CC(Cl)c1ccc2oc(Nc3nc4cc(F)ccc4o3)nc2c1. The summed E-state index contributed by atoms with van der Waals surface area (Å²) in [4.78, 5) is 8.47. The lowest BCUT2D eigenvalue weighted by Crippen LogP contribution is -1.89. The summed E-state index contributed by atoms with van der Waals surface area (Å²) in [5.74, 6) is -0.373. The molecule has 0 fully saturated rings. The second-order valence-electron chi connectivity index (χ2n) is 5.12. The highest BCUT2D eigenvalue weighted by atomic mass is 35.5. The average Bonchev–Trinajstić information content (AvgIpc) is 3.08. The van der Waals surface area contributed by atoms with Crippen molar-refractivity contribution in [1.29, 1.82) is 0 Å². The van der Waals surface area contributed by atoms with E-state index in [0.717, 1.165) is 5.56 Å². The van der Waals surface area contributed by atoms with Crippen LogP contribution in [0.3, 0.4) is 0 Å². The molecule has 2 heterocycles. The van der Waals surface area contributed by atoms with Gasteiger partial charge >= 0.3 is 12.0 Å². The molecule has 4 rings (SSSR count). The first-order chi connectivity index (χ1) is 11.1. The number of fused-ring (bicyclic) bond motifs is 2. The standard InChI is InChI=1S/C16H11ClFN3O2/c1-8(17)9-2-4-13-11(6-9)19-15(22-13)21-16-20-12-7-10(18)3-5-14(12)23-16/h2-8H,1H3,(H,19,20,21). The Balaban J connectivity index is 1.68. The van der Waals surface area contributed by atoms with Crippen molar-refractivity contribution in [3.05, 3.63) is 47.8 Å². The largest absolute Gasteiger partial charge is 0.423 e. The number of alkyl halides is 1. The summed E-state index contributed by atoms with van der Waals surface area (Å²) in [6.45, 7) is 1.89. The molecule has 4 aromatic rings. The van der Waals surface area contributed by atoms with E-state index < -0.39 is 0 Å². The van der Waals surface area contributed by atoms with Gasteiger partial charge in [0.1, 0.15) is 16.9 Å². The fourth-order valence-electron chi connectivity index (χ4n) is 2.29. The van der Waals surface area contributed by atoms with Crippen LogP contribution in [0.4, 0.5) is 16.4 Å². The van der Waals surface area contributed by atoms with Gasteiger partial charge in [-0.25, -0.2) is 4.39 Å². The van der Waals surface area contributed by atoms with Crippen molar-refractivity contribution in [2.75, 3.05) is 5.32 Å². The molecule has 5 nitrogen and oxygen atoms in total. The molecule has 0 spiro atoms. The lowest BCUT2D eigenvalue weighted by molar-refractivity contribution is 0.590. The highest BCUT2D eigenvalue weighted by Crippen LogP contribution is 2.28. The zero-order chi connectivity index (χ0) is 16.0. The first kappa shape index (κ1) is 14.0. The number of hydrogen-bond donors (Lipinski definition) is 1. The fraction of sp³-hybridized carbons (Fsp3) is 0.125. The van der Waals surface area contributed by atoms with Crippen LogP contribution in [-0.2, 0) is 0 Å². The Kier molecular flexibility index (Phi) is 3.20. The predicted molar refractivity (Wildman–Crippen MR) is 85.5 cm³/mol. The van der Waals surface area contributed by atoms with Crippen molar-refractivity contribution in [2.24, 2.45) is 0 Å². The molecule has 0 aliphatic carbocycles. The van der Waals surface area contributed by atoms with Crippen molar-refractivity contribution in [2.45, 2.75) is 12.3 Å². The predicted octanol–water partition coefficient (Wildman–Crippen LogP) is 5.15. The molecule has 1 N–H and O–H groups in total. The zero-order valence-electron chi connectivity index (χ0n) is 12.0. The van der Waals surface area contributed by atoms with E-state index in [4.69, 9.17) is 20.4 Å². The van der Waals surface area contributed by atoms with Crippen molar-refractivity contribution < 1.29 is 13.2 Å². The normalized spacial score (nSPS) is 12.8. The summed E-state index contributed by atoms with van der Waals surface area (Å²) in [7, 11) is 0. The average molecular weight is 332 g/mol. The third-order valence-electron chi connectivity index (χ3n) is 3.43. The maximum absolute atomic E-state index is 13.2. The summed E-state index contributed by atoms with van der Waals surface area (Å²) < 4.78 is 24.2. The van der Waals surface area contributed by atoms with Crippen molar-refractivity contribution >= 4 is 45.8 Å². The van der Waals surface area contributed by atoms with Gasteiger partial charge in [-0.2, -0.15) is 9.97 Å². The molecule has 7 heteroatoms. The summed E-state index contributed by atoms with van der Waals surface area (Å²) in [5.41, 5.74) is 3.15. The van der Waals surface area contributed by atoms with Crippen LogP contribution in [0.5, 0.6) is 0 Å². The maximum Gasteiger partial charge on any atom is 0.303 e. The molecular weight excluding hydrogens is 321 g/mol. The van der Waals surface area contributed by atoms with Gasteiger partial charge in [-0.05, 0) is 36.8 Å². The first-order valence-corrected chi connectivity index (χ1v) is 7.40. The molecule has 0 radical (unpaired) electrons. The number of nitrogens with one attached hydrogen (secondary N) is 1. The molecule has 0 aliphatic heterocycles. The lowest BCUT2D eigenvalue weighted by atomic mass is 10.1. The molecule has 23 heavy (non-hydrogen) atoms. The van der Waals surface area contributed by atoms with Gasteiger partial charge in [0.05, 0.1) is 5.38 Å². The second kappa shape index (κ2) is 5.24. The van der Waals surface area contributed by atoms with E-state index in [1.54, 1.807) is 0 Å². The molecule has 0 saturated heterocycles. The van der Waals surface area contributed by atoms with Gasteiger partial charge in [-0.15, -0.1) is 11.6 Å². The van der Waals surface area contributed by atoms with Crippen LogP contribution in [0.1, 0.15) is 17.9 Å². The van der Waals surface area contributed by atoms with E-state index in [1.807, 2.05) is 25.1 Å². The van der Waals surface area contributed by atoms with Crippen molar-refractivity contribution in [3.8, 4) is 0 Å². The first-order valence-electron chi connectivity index (χ1n) is 6.96. The van der Waals surface area contributed by atoms with Crippen LogP contribution in [0.25, 0.3) is 22.2 Å². The number of anilines is 2. The van der Waals surface area contributed by atoms with E-state index in [1.165, 1.54) is 18.2 Å². The van der Waals surface area contributed by atoms with Crippen LogP contribution < -0.4 is 5.32 Å². The Bertz CT molecular complexity index is 1010. The molecule has 0 saturated carbocycles. The molecule has 1 atom stereocenters. The second-order valence-corrected chi connectivity index (χ2v) is 5.77. The number of hydrogen-bond acceptors (Lipinski definition) is 5. The Morgan fingerprint density at radius 2 is 1.61 bits per heavy atom. The summed E-state index contributed by atoms with van der Waals surface area (Å²) in [6, 6.07) is 10.1. The molecule has 116 valence electrons. The van der Waals surface area contributed by atoms with Crippen molar-refractivity contribution in [1.82, 2.24) is 9.97 Å². The number of halogens is 2. The number of oxazole rings is 2. The molecular formula is C16H11ClFN3O2. The fourth-order valence-corrected chi connectivity index (χ4v) is 2.43. The lowest BCUT2D eigenvalue weighted by Gasteiger charge is -2.00. The number of rotatable bonds is 3. The summed E-state index contributed by atoms with van der Waals surface area (Å²) in [5, 5.41) is 2.73. The number of aromatic nitrogens is 2.